The Morgan fingerprint density at radius 1 is 1.75 bits per heavy atom. The fraction of sp³-hybridized carbons (Fsp3) is 0.778. The van der Waals surface area contributed by atoms with Crippen molar-refractivity contribution in [2.75, 3.05) is 18.4 Å². The second-order valence-electron chi connectivity index (χ2n) is 3.38. The zero-order chi connectivity index (χ0) is 8.97. The van der Waals surface area contributed by atoms with Crippen molar-refractivity contribution >= 4 is 27.5 Å². The molecule has 1 atom stereocenters. The second kappa shape index (κ2) is 5.25. The molecule has 1 nitrogen and oxygen atoms in total. The SMILES string of the molecule is CC(=CCl)CN1CCCC1CBr. The van der Waals surface area contributed by atoms with Gasteiger partial charge in [-0.05, 0) is 31.9 Å². The van der Waals surface area contributed by atoms with Crippen LogP contribution in [0.1, 0.15) is 19.8 Å². The number of nitrogens with zero attached hydrogens (tertiary/aromatic N) is 1. The number of hydrogen-bond donors (Lipinski definition) is 0. The fourth-order valence-electron chi connectivity index (χ4n) is 1.63. The van der Waals surface area contributed by atoms with E-state index in [9.17, 15) is 0 Å². The third-order valence-electron chi connectivity index (χ3n) is 2.32. The molecule has 0 saturated carbocycles. The maximum atomic E-state index is 5.62. The van der Waals surface area contributed by atoms with Crippen LogP contribution in [-0.2, 0) is 0 Å². The number of halogens is 2. The zero-order valence-electron chi connectivity index (χ0n) is 7.39. The van der Waals surface area contributed by atoms with Crippen molar-refractivity contribution in [1.29, 1.82) is 0 Å². The maximum absolute atomic E-state index is 5.62. The van der Waals surface area contributed by atoms with Crippen LogP contribution in [0.2, 0.25) is 0 Å². The average Bonchev–Trinajstić information content (AvgIpc) is 2.51. The highest BCUT2D eigenvalue weighted by Crippen LogP contribution is 2.19. The van der Waals surface area contributed by atoms with Crippen LogP contribution >= 0.6 is 27.5 Å². The Labute approximate surface area is 87.9 Å². The van der Waals surface area contributed by atoms with Gasteiger partial charge in [-0.1, -0.05) is 27.5 Å². The van der Waals surface area contributed by atoms with Gasteiger partial charge in [-0.15, -0.1) is 0 Å². The fourth-order valence-corrected chi connectivity index (χ4v) is 2.44. The molecular formula is C9H15BrClN. The van der Waals surface area contributed by atoms with Crippen molar-refractivity contribution in [3.63, 3.8) is 0 Å². The van der Waals surface area contributed by atoms with Gasteiger partial charge in [0.15, 0.2) is 0 Å². The Balaban J connectivity index is 2.40. The molecule has 1 fully saturated rings. The summed E-state index contributed by atoms with van der Waals surface area (Å²) < 4.78 is 0. The van der Waals surface area contributed by atoms with E-state index in [1.807, 2.05) is 0 Å². The Morgan fingerprint density at radius 3 is 3.08 bits per heavy atom. The van der Waals surface area contributed by atoms with Gasteiger partial charge in [0.25, 0.3) is 0 Å². The second-order valence-corrected chi connectivity index (χ2v) is 4.24. The van der Waals surface area contributed by atoms with Crippen LogP contribution in [0.15, 0.2) is 11.1 Å². The van der Waals surface area contributed by atoms with Gasteiger partial charge < -0.3 is 0 Å². The maximum Gasteiger partial charge on any atom is 0.0205 e. The van der Waals surface area contributed by atoms with Gasteiger partial charge in [-0.2, -0.15) is 0 Å². The smallest absolute Gasteiger partial charge is 0.0205 e. The molecule has 1 aliphatic heterocycles. The summed E-state index contributed by atoms with van der Waals surface area (Å²) in [4.78, 5) is 2.49. The third kappa shape index (κ3) is 2.75. The molecule has 0 N–H and O–H groups in total. The van der Waals surface area contributed by atoms with Gasteiger partial charge in [0.2, 0.25) is 0 Å². The van der Waals surface area contributed by atoms with Crippen LogP contribution in [-0.4, -0.2) is 29.4 Å². The van der Waals surface area contributed by atoms with E-state index in [0.717, 1.165) is 17.9 Å². The summed E-state index contributed by atoms with van der Waals surface area (Å²) in [5, 5.41) is 1.09. The molecule has 3 heteroatoms. The topological polar surface area (TPSA) is 3.24 Å². The lowest BCUT2D eigenvalue weighted by Crippen LogP contribution is -2.31. The Kier molecular flexibility index (Phi) is 4.62. The lowest BCUT2D eigenvalue weighted by molar-refractivity contribution is 0.297. The summed E-state index contributed by atoms with van der Waals surface area (Å²) in [6.07, 6.45) is 2.65. The molecule has 0 bridgehead atoms. The molecule has 0 aromatic rings. The monoisotopic (exact) mass is 251 g/mol. The Bertz CT molecular complexity index is 170. The summed E-state index contributed by atoms with van der Waals surface area (Å²) in [5.74, 6) is 0. The largest absolute Gasteiger partial charge is 0.296 e. The molecule has 0 radical (unpaired) electrons. The quantitative estimate of drug-likeness (QED) is 0.698. The van der Waals surface area contributed by atoms with Crippen molar-refractivity contribution in [1.82, 2.24) is 4.90 Å². The molecule has 0 aromatic heterocycles. The lowest BCUT2D eigenvalue weighted by atomic mass is 10.2. The van der Waals surface area contributed by atoms with E-state index in [4.69, 9.17) is 11.6 Å². The first-order valence-electron chi connectivity index (χ1n) is 4.33. The standard InChI is InChI=1S/C9H15BrClN/c1-8(6-11)7-12-4-2-3-9(12)5-10/h6,9H,2-5,7H2,1H3. The van der Waals surface area contributed by atoms with E-state index >= 15 is 0 Å². The molecule has 12 heavy (non-hydrogen) atoms. The first-order valence-corrected chi connectivity index (χ1v) is 5.89. The van der Waals surface area contributed by atoms with Crippen LogP contribution in [0, 0.1) is 0 Å². The van der Waals surface area contributed by atoms with Gasteiger partial charge >= 0.3 is 0 Å². The van der Waals surface area contributed by atoms with Crippen molar-refractivity contribution < 1.29 is 0 Å². The summed E-state index contributed by atoms with van der Waals surface area (Å²) >= 11 is 9.16. The predicted molar refractivity (Wildman–Crippen MR) is 58.0 cm³/mol. The van der Waals surface area contributed by atoms with Gasteiger partial charge in [0.1, 0.15) is 0 Å². The number of alkyl halides is 1. The van der Waals surface area contributed by atoms with Gasteiger partial charge in [0, 0.05) is 23.5 Å². The highest BCUT2D eigenvalue weighted by atomic mass is 79.9. The van der Waals surface area contributed by atoms with Crippen molar-refractivity contribution in [2.24, 2.45) is 0 Å². The predicted octanol–water partition coefficient (Wildman–Crippen LogP) is 2.99. The highest BCUT2D eigenvalue weighted by Gasteiger charge is 2.22. The molecule has 0 aromatic carbocycles. The molecular weight excluding hydrogens is 237 g/mol. The number of rotatable bonds is 3. The van der Waals surface area contributed by atoms with E-state index in [-0.39, 0.29) is 0 Å². The molecule has 0 spiro atoms. The van der Waals surface area contributed by atoms with Gasteiger partial charge in [0.05, 0.1) is 0 Å². The van der Waals surface area contributed by atoms with E-state index in [0.29, 0.717) is 0 Å². The summed E-state index contributed by atoms with van der Waals surface area (Å²) in [6.45, 7) is 4.33. The average molecular weight is 253 g/mol. The zero-order valence-corrected chi connectivity index (χ0v) is 9.74. The molecule has 70 valence electrons. The van der Waals surface area contributed by atoms with Crippen molar-refractivity contribution in [3.8, 4) is 0 Å². The van der Waals surface area contributed by atoms with Crippen LogP contribution in [0.3, 0.4) is 0 Å². The van der Waals surface area contributed by atoms with Crippen LogP contribution in [0.25, 0.3) is 0 Å². The summed E-state index contributed by atoms with van der Waals surface area (Å²) in [7, 11) is 0. The molecule has 0 amide bonds. The Morgan fingerprint density at radius 2 is 2.50 bits per heavy atom. The van der Waals surface area contributed by atoms with Gasteiger partial charge in [-0.3, -0.25) is 4.90 Å². The van der Waals surface area contributed by atoms with Crippen LogP contribution < -0.4 is 0 Å². The highest BCUT2D eigenvalue weighted by molar-refractivity contribution is 9.09. The van der Waals surface area contributed by atoms with E-state index in [2.05, 4.69) is 27.8 Å². The van der Waals surface area contributed by atoms with Crippen molar-refractivity contribution in [3.05, 3.63) is 11.1 Å². The van der Waals surface area contributed by atoms with Crippen LogP contribution in [0.5, 0.6) is 0 Å². The molecule has 1 saturated heterocycles. The number of hydrogen-bond acceptors (Lipinski definition) is 1. The lowest BCUT2D eigenvalue weighted by Gasteiger charge is -2.22. The molecule has 1 rings (SSSR count). The minimum atomic E-state index is 0.719. The minimum absolute atomic E-state index is 0.719. The molecule has 1 aliphatic rings. The third-order valence-corrected chi connectivity index (χ3v) is 3.44. The molecule has 0 aliphatic carbocycles. The van der Waals surface area contributed by atoms with E-state index in [1.165, 1.54) is 25.0 Å². The molecule has 1 heterocycles. The normalized spacial score (nSPS) is 26.6. The summed E-state index contributed by atoms with van der Waals surface area (Å²) in [5.41, 5.74) is 2.94. The summed E-state index contributed by atoms with van der Waals surface area (Å²) in [6, 6.07) is 0.719. The minimum Gasteiger partial charge on any atom is -0.296 e. The first kappa shape index (κ1) is 10.6. The van der Waals surface area contributed by atoms with Crippen LogP contribution in [0.4, 0.5) is 0 Å². The van der Waals surface area contributed by atoms with Gasteiger partial charge in [-0.25, -0.2) is 0 Å². The van der Waals surface area contributed by atoms with E-state index in [1.54, 1.807) is 5.54 Å². The van der Waals surface area contributed by atoms with Crippen molar-refractivity contribution in [2.45, 2.75) is 25.8 Å². The molecule has 1 unspecified atom stereocenters. The Hall–Kier alpha value is 0.470. The number of likely N-dealkylation sites (tertiary alicyclic amines) is 1. The van der Waals surface area contributed by atoms with E-state index < -0.39 is 0 Å². The first-order chi connectivity index (χ1) is 5.77.